The van der Waals surface area contributed by atoms with Crippen LogP contribution in [-0.4, -0.2) is 23.6 Å². The van der Waals surface area contributed by atoms with Crippen molar-refractivity contribution in [2.24, 2.45) is 9.98 Å². The first-order valence-corrected chi connectivity index (χ1v) is 17.2. The first kappa shape index (κ1) is 29.2. The van der Waals surface area contributed by atoms with Gasteiger partial charge in [0.25, 0.3) is 0 Å². The van der Waals surface area contributed by atoms with Crippen molar-refractivity contribution in [3.05, 3.63) is 180 Å². The number of rotatable bonds is 5. The number of nitrogens with zero attached hydrogens (tertiary/aromatic N) is 3. The molecule has 51 heavy (non-hydrogen) atoms. The summed E-state index contributed by atoms with van der Waals surface area (Å²) in [6, 6.07) is 56.6. The molecule has 2 aromatic heterocycles. The second-order valence-corrected chi connectivity index (χ2v) is 13.0. The van der Waals surface area contributed by atoms with Crippen LogP contribution >= 0.6 is 0 Å². The van der Waals surface area contributed by atoms with Gasteiger partial charge < -0.3 is 13.7 Å². The molecule has 0 spiro atoms. The third-order valence-electron chi connectivity index (χ3n) is 9.96. The van der Waals surface area contributed by atoms with Crippen molar-refractivity contribution in [1.82, 2.24) is 4.90 Å². The smallest absolute Gasteiger partial charge is 0.159 e. The summed E-state index contributed by atoms with van der Waals surface area (Å²) < 4.78 is 12.8. The van der Waals surface area contributed by atoms with E-state index in [-0.39, 0.29) is 6.17 Å². The summed E-state index contributed by atoms with van der Waals surface area (Å²) in [7, 11) is 2.08. The molecular weight excluding hydrogens is 627 g/mol. The molecule has 5 nitrogen and oxygen atoms in total. The Labute approximate surface area is 294 Å². The third-order valence-corrected chi connectivity index (χ3v) is 9.96. The summed E-state index contributed by atoms with van der Waals surface area (Å²) in [6.45, 7) is 0. The van der Waals surface area contributed by atoms with Crippen LogP contribution in [0, 0.1) is 0 Å². The van der Waals surface area contributed by atoms with Crippen molar-refractivity contribution in [3.8, 4) is 22.3 Å². The highest BCUT2D eigenvalue weighted by molar-refractivity contribution is 6.15. The summed E-state index contributed by atoms with van der Waals surface area (Å²) in [5, 5.41) is 4.32. The standard InChI is InChI=1S/C46H31N3O2/c1-49-45(32-24-22-30(23-25-32)29-12-4-2-5-13-29)47-44(31-14-6-3-7-15-31)48-46(49)37-18-11-21-40-43(37)36-27-26-33(28-41(36)51-40)34-17-10-20-39-42(34)35-16-8-9-19-38(35)50-39/h2-28,46H,1H3. The molecule has 10 rings (SSSR count). The van der Waals surface area contributed by atoms with Gasteiger partial charge in [-0.1, -0.05) is 133 Å². The first-order valence-electron chi connectivity index (χ1n) is 17.2. The van der Waals surface area contributed by atoms with Crippen molar-refractivity contribution in [3.63, 3.8) is 0 Å². The minimum Gasteiger partial charge on any atom is -0.456 e. The van der Waals surface area contributed by atoms with E-state index in [1.165, 1.54) is 5.56 Å². The molecule has 1 aliphatic heterocycles. The Bertz CT molecular complexity index is 2810. The topological polar surface area (TPSA) is 54.2 Å². The molecule has 1 atom stereocenters. The van der Waals surface area contributed by atoms with Gasteiger partial charge in [-0.3, -0.25) is 0 Å². The van der Waals surface area contributed by atoms with E-state index < -0.39 is 0 Å². The van der Waals surface area contributed by atoms with E-state index in [1.54, 1.807) is 0 Å². The van der Waals surface area contributed by atoms with Crippen LogP contribution < -0.4 is 0 Å². The molecular formula is C46H31N3O2. The number of hydrogen-bond donors (Lipinski definition) is 0. The van der Waals surface area contributed by atoms with Crippen molar-refractivity contribution in [2.45, 2.75) is 6.17 Å². The van der Waals surface area contributed by atoms with Crippen LogP contribution in [0.2, 0.25) is 0 Å². The fourth-order valence-corrected chi connectivity index (χ4v) is 7.49. The van der Waals surface area contributed by atoms with Crippen LogP contribution in [0.4, 0.5) is 0 Å². The van der Waals surface area contributed by atoms with E-state index >= 15 is 0 Å². The van der Waals surface area contributed by atoms with Gasteiger partial charge in [-0.05, 0) is 52.6 Å². The summed E-state index contributed by atoms with van der Waals surface area (Å²) in [4.78, 5) is 12.6. The van der Waals surface area contributed by atoms with Crippen LogP contribution in [0.3, 0.4) is 0 Å². The molecule has 3 heterocycles. The Balaban J connectivity index is 1.10. The lowest BCUT2D eigenvalue weighted by Gasteiger charge is -2.33. The van der Waals surface area contributed by atoms with Crippen molar-refractivity contribution >= 4 is 55.5 Å². The zero-order valence-electron chi connectivity index (χ0n) is 27.8. The van der Waals surface area contributed by atoms with Gasteiger partial charge in [0.1, 0.15) is 28.2 Å². The van der Waals surface area contributed by atoms with Crippen molar-refractivity contribution in [1.29, 1.82) is 0 Å². The summed E-state index contributed by atoms with van der Waals surface area (Å²) in [5.74, 6) is 1.56. The molecule has 5 heteroatoms. The van der Waals surface area contributed by atoms with Gasteiger partial charge in [0.2, 0.25) is 0 Å². The van der Waals surface area contributed by atoms with E-state index in [2.05, 4.69) is 127 Å². The average molecular weight is 658 g/mol. The van der Waals surface area contributed by atoms with Gasteiger partial charge >= 0.3 is 0 Å². The SMILES string of the molecule is CN1C(c2ccc(-c3ccccc3)cc2)=NC(c2ccccc2)=NC1c1cccc2oc3cc(-c4cccc5oc6ccccc6c45)ccc3c12. The number of hydrogen-bond acceptors (Lipinski definition) is 5. The summed E-state index contributed by atoms with van der Waals surface area (Å²) in [6.07, 6.45) is -0.336. The molecule has 0 aliphatic carbocycles. The number of benzene rings is 7. The predicted octanol–water partition coefficient (Wildman–Crippen LogP) is 11.7. The summed E-state index contributed by atoms with van der Waals surface area (Å²) >= 11 is 0. The van der Waals surface area contributed by atoms with Gasteiger partial charge in [0.05, 0.1) is 0 Å². The normalized spacial score (nSPS) is 14.8. The van der Waals surface area contributed by atoms with E-state index in [1.807, 2.05) is 48.5 Å². The van der Waals surface area contributed by atoms with Crippen LogP contribution in [0.5, 0.6) is 0 Å². The maximum Gasteiger partial charge on any atom is 0.159 e. The number of para-hydroxylation sites is 1. The lowest BCUT2D eigenvalue weighted by molar-refractivity contribution is 0.385. The molecule has 0 radical (unpaired) electrons. The zero-order valence-corrected chi connectivity index (χ0v) is 27.8. The maximum atomic E-state index is 6.62. The molecule has 0 saturated carbocycles. The third kappa shape index (κ3) is 4.85. The highest BCUT2D eigenvalue weighted by Crippen LogP contribution is 2.42. The van der Waals surface area contributed by atoms with Crippen LogP contribution in [0.25, 0.3) is 66.1 Å². The van der Waals surface area contributed by atoms with E-state index in [9.17, 15) is 0 Å². The molecule has 1 aliphatic rings. The Hall–Kier alpha value is -6.72. The number of fused-ring (bicyclic) bond motifs is 6. The van der Waals surface area contributed by atoms with E-state index in [0.717, 1.165) is 83.1 Å². The van der Waals surface area contributed by atoms with Gasteiger partial charge in [-0.2, -0.15) is 0 Å². The van der Waals surface area contributed by atoms with Crippen molar-refractivity contribution < 1.29 is 8.83 Å². The second kappa shape index (κ2) is 11.7. The van der Waals surface area contributed by atoms with E-state index in [0.29, 0.717) is 5.84 Å². The first-order chi connectivity index (χ1) is 25.2. The molecule has 242 valence electrons. The minimum absolute atomic E-state index is 0.336. The Morgan fingerprint density at radius 3 is 1.86 bits per heavy atom. The van der Waals surface area contributed by atoms with Crippen molar-refractivity contribution in [2.75, 3.05) is 7.05 Å². The maximum absolute atomic E-state index is 6.62. The number of furan rings is 2. The van der Waals surface area contributed by atoms with Gasteiger partial charge in [0.15, 0.2) is 12.0 Å². The molecule has 0 fully saturated rings. The molecule has 0 saturated heterocycles. The largest absolute Gasteiger partial charge is 0.456 e. The lowest BCUT2D eigenvalue weighted by atomic mass is 9.97. The monoisotopic (exact) mass is 657 g/mol. The minimum atomic E-state index is -0.336. The summed E-state index contributed by atoms with van der Waals surface area (Å²) in [5.41, 5.74) is 11.0. The Morgan fingerprint density at radius 1 is 0.471 bits per heavy atom. The van der Waals surface area contributed by atoms with Gasteiger partial charge in [-0.15, -0.1) is 0 Å². The Kier molecular flexibility index (Phi) is 6.71. The lowest BCUT2D eigenvalue weighted by Crippen LogP contribution is -2.35. The Morgan fingerprint density at radius 2 is 1.06 bits per heavy atom. The average Bonchev–Trinajstić information content (AvgIpc) is 3.77. The van der Waals surface area contributed by atoms with E-state index in [4.69, 9.17) is 18.8 Å². The van der Waals surface area contributed by atoms with Gasteiger partial charge in [-0.25, -0.2) is 9.98 Å². The van der Waals surface area contributed by atoms with Crippen LogP contribution in [0.15, 0.2) is 183 Å². The van der Waals surface area contributed by atoms with Gasteiger partial charge in [0, 0.05) is 45.3 Å². The highest BCUT2D eigenvalue weighted by atomic mass is 16.3. The molecule has 7 aromatic carbocycles. The quantitative estimate of drug-likeness (QED) is 0.185. The predicted molar refractivity (Wildman–Crippen MR) is 208 cm³/mol. The van der Waals surface area contributed by atoms with Crippen LogP contribution in [0.1, 0.15) is 22.9 Å². The number of amidine groups is 2. The number of aliphatic imine (C=N–C) groups is 2. The fraction of sp³-hybridized carbons (Fsp3) is 0.0435. The molecule has 0 N–H and O–H groups in total. The second-order valence-electron chi connectivity index (χ2n) is 13.0. The molecule has 0 amide bonds. The molecule has 9 aromatic rings. The fourth-order valence-electron chi connectivity index (χ4n) is 7.49. The van der Waals surface area contributed by atoms with Crippen LogP contribution in [-0.2, 0) is 0 Å². The molecule has 1 unspecified atom stereocenters. The zero-order chi connectivity index (χ0) is 33.9. The molecule has 0 bridgehead atoms. The highest BCUT2D eigenvalue weighted by Gasteiger charge is 2.29.